The molecular formula is C18H14ClF3O6S. The first-order chi connectivity index (χ1) is 13.5. The van der Waals surface area contributed by atoms with Crippen molar-refractivity contribution >= 4 is 33.2 Å². The Bertz CT molecular complexity index is 1030. The van der Waals surface area contributed by atoms with Crippen LogP contribution in [0.5, 0.6) is 5.75 Å². The molecule has 0 aromatic heterocycles. The predicted octanol–water partition coefficient (Wildman–Crippen LogP) is 3.81. The summed E-state index contributed by atoms with van der Waals surface area (Å²) in [6.07, 6.45) is 0. The second-order valence-corrected chi connectivity index (χ2v) is 7.92. The molecule has 0 heterocycles. The van der Waals surface area contributed by atoms with Gasteiger partial charge in [-0.15, -0.1) is 0 Å². The summed E-state index contributed by atoms with van der Waals surface area (Å²) in [6, 6.07) is 7.37. The number of halogens is 4. The monoisotopic (exact) mass is 450 g/mol. The number of rotatable bonds is 7. The van der Waals surface area contributed by atoms with E-state index in [2.05, 4.69) is 0 Å². The number of benzene rings is 2. The molecule has 156 valence electrons. The van der Waals surface area contributed by atoms with Crippen molar-refractivity contribution in [1.29, 1.82) is 0 Å². The molecule has 2 aromatic rings. The Balaban J connectivity index is 2.41. The van der Waals surface area contributed by atoms with Gasteiger partial charge in [0, 0.05) is 10.6 Å². The Kier molecular flexibility index (Phi) is 6.91. The molecular weight excluding hydrogens is 437 g/mol. The van der Waals surface area contributed by atoms with Gasteiger partial charge in [-0.05, 0) is 37.3 Å². The summed E-state index contributed by atoms with van der Waals surface area (Å²) in [5, 5.41) is 0.121. The van der Waals surface area contributed by atoms with Crippen LogP contribution in [0.4, 0.5) is 13.2 Å². The van der Waals surface area contributed by atoms with Crippen molar-refractivity contribution < 1.29 is 40.7 Å². The minimum Gasteiger partial charge on any atom is -0.481 e. The van der Waals surface area contributed by atoms with E-state index >= 15 is 0 Å². The zero-order chi connectivity index (χ0) is 21.8. The van der Waals surface area contributed by atoms with Crippen LogP contribution in [-0.2, 0) is 19.4 Å². The van der Waals surface area contributed by atoms with E-state index in [1.807, 2.05) is 0 Å². The fraction of sp³-hybridized carbons (Fsp3) is 0.222. The van der Waals surface area contributed by atoms with Crippen molar-refractivity contribution in [3.05, 3.63) is 58.6 Å². The maximum absolute atomic E-state index is 12.8. The fourth-order valence-corrected chi connectivity index (χ4v) is 3.22. The van der Waals surface area contributed by atoms with Crippen molar-refractivity contribution in [2.45, 2.75) is 17.3 Å². The SMILES string of the molecule is CCOC(=O)COc1ccc(Cl)cc1C(=O)c1cccc(S(=O)(=O)C(F)(F)F)c1. The van der Waals surface area contributed by atoms with E-state index in [0.717, 1.165) is 18.2 Å². The lowest BCUT2D eigenvalue weighted by Gasteiger charge is -2.12. The minimum atomic E-state index is -5.63. The fourth-order valence-electron chi connectivity index (χ4n) is 2.24. The van der Waals surface area contributed by atoms with Gasteiger partial charge in [0.05, 0.1) is 17.1 Å². The maximum Gasteiger partial charge on any atom is 0.501 e. The largest absolute Gasteiger partial charge is 0.501 e. The summed E-state index contributed by atoms with van der Waals surface area (Å²) < 4.78 is 71.5. The summed E-state index contributed by atoms with van der Waals surface area (Å²) in [5.41, 5.74) is -6.01. The Morgan fingerprint density at radius 3 is 2.41 bits per heavy atom. The van der Waals surface area contributed by atoms with Crippen LogP contribution in [0.2, 0.25) is 5.02 Å². The zero-order valence-electron chi connectivity index (χ0n) is 14.8. The van der Waals surface area contributed by atoms with Gasteiger partial charge in [0.25, 0.3) is 9.84 Å². The molecule has 0 radical (unpaired) electrons. The van der Waals surface area contributed by atoms with E-state index in [-0.39, 0.29) is 28.5 Å². The van der Waals surface area contributed by atoms with E-state index in [0.29, 0.717) is 6.07 Å². The second-order valence-electron chi connectivity index (χ2n) is 5.54. The van der Waals surface area contributed by atoms with Gasteiger partial charge in [-0.25, -0.2) is 13.2 Å². The smallest absolute Gasteiger partial charge is 0.481 e. The van der Waals surface area contributed by atoms with Crippen molar-refractivity contribution in [3.8, 4) is 5.75 Å². The van der Waals surface area contributed by atoms with Gasteiger partial charge in [0.1, 0.15) is 5.75 Å². The van der Waals surface area contributed by atoms with Gasteiger partial charge >= 0.3 is 11.5 Å². The molecule has 11 heteroatoms. The van der Waals surface area contributed by atoms with Crippen molar-refractivity contribution in [2.75, 3.05) is 13.2 Å². The quantitative estimate of drug-likeness (QED) is 0.471. The normalized spacial score (nSPS) is 11.8. The third-order valence-electron chi connectivity index (χ3n) is 3.55. The molecule has 2 rings (SSSR count). The van der Waals surface area contributed by atoms with Gasteiger partial charge in [-0.1, -0.05) is 23.7 Å². The summed E-state index contributed by atoms with van der Waals surface area (Å²) in [4.78, 5) is 23.2. The molecule has 6 nitrogen and oxygen atoms in total. The van der Waals surface area contributed by atoms with Crippen LogP contribution < -0.4 is 4.74 Å². The van der Waals surface area contributed by atoms with Gasteiger partial charge in [0.2, 0.25) is 0 Å². The number of alkyl halides is 3. The van der Waals surface area contributed by atoms with Crippen LogP contribution in [0.25, 0.3) is 0 Å². The number of esters is 1. The lowest BCUT2D eigenvalue weighted by atomic mass is 10.0. The lowest BCUT2D eigenvalue weighted by molar-refractivity contribution is -0.145. The predicted molar refractivity (Wildman–Crippen MR) is 96.7 cm³/mol. The first-order valence-corrected chi connectivity index (χ1v) is 9.87. The van der Waals surface area contributed by atoms with Crippen molar-refractivity contribution in [1.82, 2.24) is 0 Å². The zero-order valence-corrected chi connectivity index (χ0v) is 16.4. The number of carbonyl (C=O) groups is 2. The highest BCUT2D eigenvalue weighted by Crippen LogP contribution is 2.32. The number of hydrogen-bond donors (Lipinski definition) is 0. The molecule has 0 aliphatic rings. The molecule has 0 amide bonds. The van der Waals surface area contributed by atoms with Crippen molar-refractivity contribution in [3.63, 3.8) is 0 Å². The van der Waals surface area contributed by atoms with E-state index in [1.165, 1.54) is 18.2 Å². The van der Waals surface area contributed by atoms with E-state index < -0.39 is 38.6 Å². The van der Waals surface area contributed by atoms with E-state index in [1.54, 1.807) is 6.92 Å². The molecule has 0 atom stereocenters. The Morgan fingerprint density at radius 2 is 1.79 bits per heavy atom. The molecule has 2 aromatic carbocycles. The summed E-state index contributed by atoms with van der Waals surface area (Å²) >= 11 is 5.88. The van der Waals surface area contributed by atoms with Crippen LogP contribution in [0.3, 0.4) is 0 Å². The number of hydrogen-bond acceptors (Lipinski definition) is 6. The minimum absolute atomic E-state index is 0.0727. The van der Waals surface area contributed by atoms with Gasteiger partial charge < -0.3 is 9.47 Å². The number of ketones is 1. The molecule has 0 saturated carbocycles. The van der Waals surface area contributed by atoms with Crippen LogP contribution in [-0.4, -0.2) is 38.9 Å². The molecule has 0 aliphatic heterocycles. The summed E-state index contributed by atoms with van der Waals surface area (Å²) in [7, 11) is -5.63. The molecule has 0 N–H and O–H groups in total. The third kappa shape index (κ3) is 5.27. The summed E-state index contributed by atoms with van der Waals surface area (Å²) in [5.74, 6) is -1.61. The Morgan fingerprint density at radius 1 is 1.10 bits per heavy atom. The highest BCUT2D eigenvalue weighted by atomic mass is 35.5. The topological polar surface area (TPSA) is 86.7 Å². The average Bonchev–Trinajstić information content (AvgIpc) is 2.66. The van der Waals surface area contributed by atoms with Gasteiger partial charge in [-0.2, -0.15) is 13.2 Å². The highest BCUT2D eigenvalue weighted by Gasteiger charge is 2.47. The van der Waals surface area contributed by atoms with Gasteiger partial charge in [-0.3, -0.25) is 4.79 Å². The highest BCUT2D eigenvalue weighted by molar-refractivity contribution is 7.92. The summed E-state index contributed by atoms with van der Waals surface area (Å²) in [6.45, 7) is 1.20. The number of sulfone groups is 1. The molecule has 0 unspecified atom stereocenters. The average molecular weight is 451 g/mol. The lowest BCUT2D eigenvalue weighted by Crippen LogP contribution is -2.23. The Labute approximate surface area is 169 Å². The third-order valence-corrected chi connectivity index (χ3v) is 5.27. The van der Waals surface area contributed by atoms with E-state index in [4.69, 9.17) is 21.1 Å². The van der Waals surface area contributed by atoms with Crippen LogP contribution in [0, 0.1) is 0 Å². The molecule has 0 spiro atoms. The molecule has 29 heavy (non-hydrogen) atoms. The number of ether oxygens (including phenoxy) is 2. The first kappa shape index (κ1) is 22.7. The number of carbonyl (C=O) groups excluding carboxylic acids is 2. The van der Waals surface area contributed by atoms with E-state index in [9.17, 15) is 31.2 Å². The van der Waals surface area contributed by atoms with Crippen LogP contribution in [0.1, 0.15) is 22.8 Å². The van der Waals surface area contributed by atoms with Gasteiger partial charge in [0.15, 0.2) is 12.4 Å². The molecule has 0 bridgehead atoms. The Hall–Kier alpha value is -2.59. The second kappa shape index (κ2) is 8.83. The molecule has 0 fully saturated rings. The van der Waals surface area contributed by atoms with Crippen molar-refractivity contribution in [2.24, 2.45) is 0 Å². The first-order valence-electron chi connectivity index (χ1n) is 8.01. The standard InChI is InChI=1S/C18H14ClF3O6S/c1-2-27-16(23)10-28-15-7-6-12(19)9-14(15)17(24)11-4-3-5-13(8-11)29(25,26)18(20,21)22/h3-9H,2,10H2,1H3. The molecule has 0 saturated heterocycles. The van der Waals surface area contributed by atoms with Crippen LogP contribution in [0.15, 0.2) is 47.4 Å². The maximum atomic E-state index is 12.8. The molecule has 0 aliphatic carbocycles. The van der Waals surface area contributed by atoms with Crippen LogP contribution >= 0.6 is 11.6 Å².